The molecule has 0 aliphatic heterocycles. The van der Waals surface area contributed by atoms with E-state index in [1.807, 2.05) is 0 Å². The summed E-state index contributed by atoms with van der Waals surface area (Å²) in [5.41, 5.74) is 0. The first-order valence-corrected chi connectivity index (χ1v) is 9.55. The van der Waals surface area contributed by atoms with Crippen molar-refractivity contribution in [3.05, 3.63) is 0 Å². The second kappa shape index (κ2) is 9.88. The molecule has 0 spiro atoms. The molecule has 19 heavy (non-hydrogen) atoms. The summed E-state index contributed by atoms with van der Waals surface area (Å²) in [5, 5.41) is 3.53. The quantitative estimate of drug-likeness (QED) is 0.496. The maximum atomic E-state index is 5.40. The fourth-order valence-electron chi connectivity index (χ4n) is 2.89. The van der Waals surface area contributed by atoms with Gasteiger partial charge in [0.2, 0.25) is 0 Å². The van der Waals surface area contributed by atoms with E-state index in [0.717, 1.165) is 31.5 Å². The second-order valence-corrected chi connectivity index (χ2v) is 8.53. The zero-order chi connectivity index (χ0) is 14.0. The lowest BCUT2D eigenvalue weighted by molar-refractivity contribution is 0.123. The van der Waals surface area contributed by atoms with Crippen molar-refractivity contribution in [1.29, 1.82) is 0 Å². The van der Waals surface area contributed by atoms with Gasteiger partial charge in [-0.15, -0.1) is 0 Å². The molecule has 1 rings (SSSR count). The first-order valence-electron chi connectivity index (χ1n) is 7.62. The maximum absolute atomic E-state index is 5.40. The number of hydrogen-bond acceptors (Lipinski definition) is 4. The van der Waals surface area contributed by atoms with E-state index in [0.29, 0.717) is 0 Å². The van der Waals surface area contributed by atoms with E-state index < -0.39 is 8.80 Å². The average molecular weight is 289 g/mol. The molecule has 0 bridgehead atoms. The third kappa shape index (κ3) is 6.36. The molecule has 0 aromatic carbocycles. The van der Waals surface area contributed by atoms with Gasteiger partial charge in [-0.2, -0.15) is 0 Å². The van der Waals surface area contributed by atoms with Crippen molar-refractivity contribution in [2.45, 2.75) is 51.0 Å². The van der Waals surface area contributed by atoms with Gasteiger partial charge in [0.1, 0.15) is 0 Å². The number of hydrogen-bond donors (Lipinski definition) is 1. The van der Waals surface area contributed by atoms with E-state index in [1.54, 1.807) is 21.3 Å². The highest BCUT2D eigenvalue weighted by Crippen LogP contribution is 2.25. The zero-order valence-corrected chi connectivity index (χ0v) is 13.9. The van der Waals surface area contributed by atoms with Gasteiger partial charge >= 0.3 is 8.80 Å². The molecule has 114 valence electrons. The third-order valence-electron chi connectivity index (χ3n) is 4.22. The van der Waals surface area contributed by atoms with Crippen LogP contribution in [0, 0.1) is 5.92 Å². The van der Waals surface area contributed by atoms with E-state index >= 15 is 0 Å². The van der Waals surface area contributed by atoms with Crippen LogP contribution in [-0.2, 0) is 13.3 Å². The van der Waals surface area contributed by atoms with Crippen molar-refractivity contribution in [2.24, 2.45) is 5.92 Å². The fourth-order valence-corrected chi connectivity index (χ4v) is 4.62. The van der Waals surface area contributed by atoms with Gasteiger partial charge in [-0.1, -0.05) is 32.1 Å². The molecule has 0 saturated heterocycles. The minimum absolute atomic E-state index is 0.882. The highest BCUT2D eigenvalue weighted by atomic mass is 28.4. The van der Waals surface area contributed by atoms with Gasteiger partial charge in [0.15, 0.2) is 0 Å². The second-order valence-electron chi connectivity index (χ2n) is 5.44. The van der Waals surface area contributed by atoms with Crippen LogP contribution in [0.5, 0.6) is 0 Å². The van der Waals surface area contributed by atoms with Crippen LogP contribution in [0.2, 0.25) is 6.04 Å². The third-order valence-corrected chi connectivity index (χ3v) is 7.06. The van der Waals surface area contributed by atoms with Gasteiger partial charge in [0, 0.05) is 27.4 Å². The molecule has 0 aromatic heterocycles. The van der Waals surface area contributed by atoms with Gasteiger partial charge < -0.3 is 18.6 Å². The van der Waals surface area contributed by atoms with E-state index in [4.69, 9.17) is 13.3 Å². The van der Waals surface area contributed by atoms with Crippen LogP contribution in [0.15, 0.2) is 0 Å². The number of nitrogens with one attached hydrogen (secondary N) is 1. The summed E-state index contributed by atoms with van der Waals surface area (Å²) in [7, 11) is 2.68. The Balaban J connectivity index is 2.01. The highest BCUT2D eigenvalue weighted by Gasteiger charge is 2.36. The Labute approximate surface area is 119 Å². The Bertz CT molecular complexity index is 210. The van der Waals surface area contributed by atoms with Crippen LogP contribution in [0.25, 0.3) is 0 Å². The van der Waals surface area contributed by atoms with Crippen molar-refractivity contribution < 1.29 is 13.3 Å². The first-order chi connectivity index (χ1) is 9.26. The SMILES string of the molecule is CO[Si](CCCNCCC1CCCCC1)(OC)OC. The highest BCUT2D eigenvalue weighted by molar-refractivity contribution is 6.60. The van der Waals surface area contributed by atoms with Gasteiger partial charge in [0.05, 0.1) is 0 Å². The summed E-state index contributed by atoms with van der Waals surface area (Å²) in [6.07, 6.45) is 9.58. The smallest absolute Gasteiger partial charge is 0.377 e. The van der Waals surface area contributed by atoms with Crippen LogP contribution >= 0.6 is 0 Å². The lowest BCUT2D eigenvalue weighted by atomic mass is 9.87. The predicted molar refractivity (Wildman–Crippen MR) is 80.3 cm³/mol. The topological polar surface area (TPSA) is 39.7 Å². The standard InChI is InChI=1S/C14H31NO3Si/c1-16-19(17-2,18-3)13-7-11-15-12-10-14-8-5-4-6-9-14/h14-15H,4-13H2,1-3H3. The summed E-state index contributed by atoms with van der Waals surface area (Å²) in [5.74, 6) is 0.964. The first kappa shape index (κ1) is 17.1. The Morgan fingerprint density at radius 3 is 2.16 bits per heavy atom. The molecule has 0 heterocycles. The largest absolute Gasteiger partial charge is 0.500 e. The van der Waals surface area contributed by atoms with E-state index in [-0.39, 0.29) is 0 Å². The molecule has 0 atom stereocenters. The molecule has 1 N–H and O–H groups in total. The fraction of sp³-hybridized carbons (Fsp3) is 1.00. The minimum Gasteiger partial charge on any atom is -0.377 e. The average Bonchev–Trinajstić information content (AvgIpc) is 2.48. The van der Waals surface area contributed by atoms with Gasteiger partial charge in [-0.05, 0) is 31.8 Å². The summed E-state index contributed by atoms with van der Waals surface area (Å²) >= 11 is 0. The van der Waals surface area contributed by atoms with Gasteiger partial charge in [-0.3, -0.25) is 0 Å². The van der Waals surface area contributed by atoms with Gasteiger partial charge in [0.25, 0.3) is 0 Å². The van der Waals surface area contributed by atoms with Crippen LogP contribution < -0.4 is 5.32 Å². The molecule has 0 radical (unpaired) electrons. The Hall–Kier alpha value is 0.0569. The Morgan fingerprint density at radius 2 is 1.58 bits per heavy atom. The minimum atomic E-state index is -2.35. The molecule has 0 aromatic rings. The van der Waals surface area contributed by atoms with Crippen LogP contribution in [0.1, 0.15) is 44.9 Å². The summed E-state index contributed by atoms with van der Waals surface area (Å²) in [6, 6.07) is 0.882. The lowest BCUT2D eigenvalue weighted by Gasteiger charge is -2.24. The molecule has 1 fully saturated rings. The summed E-state index contributed by atoms with van der Waals surface area (Å²) in [6.45, 7) is 2.17. The normalized spacial score (nSPS) is 17.8. The van der Waals surface area contributed by atoms with Crippen molar-refractivity contribution in [3.8, 4) is 0 Å². The van der Waals surface area contributed by atoms with Crippen molar-refractivity contribution in [1.82, 2.24) is 5.32 Å². The molecule has 5 heteroatoms. The monoisotopic (exact) mass is 289 g/mol. The van der Waals surface area contributed by atoms with Crippen molar-refractivity contribution in [3.63, 3.8) is 0 Å². The van der Waals surface area contributed by atoms with E-state index in [1.165, 1.54) is 38.5 Å². The van der Waals surface area contributed by atoms with Crippen LogP contribution in [0.3, 0.4) is 0 Å². The molecule has 0 unspecified atom stereocenters. The molecule has 1 aliphatic carbocycles. The summed E-state index contributed by atoms with van der Waals surface area (Å²) < 4.78 is 16.2. The Morgan fingerprint density at radius 1 is 0.947 bits per heavy atom. The van der Waals surface area contributed by atoms with E-state index in [9.17, 15) is 0 Å². The van der Waals surface area contributed by atoms with Crippen molar-refractivity contribution >= 4 is 8.80 Å². The molecular weight excluding hydrogens is 258 g/mol. The molecule has 1 aliphatic rings. The summed E-state index contributed by atoms with van der Waals surface area (Å²) in [4.78, 5) is 0. The van der Waals surface area contributed by atoms with E-state index in [2.05, 4.69) is 5.32 Å². The van der Waals surface area contributed by atoms with Crippen LogP contribution in [-0.4, -0.2) is 43.2 Å². The molecule has 4 nitrogen and oxygen atoms in total. The lowest BCUT2D eigenvalue weighted by Crippen LogP contribution is -2.43. The molecule has 0 amide bonds. The molecular formula is C14H31NO3Si. The van der Waals surface area contributed by atoms with Crippen molar-refractivity contribution in [2.75, 3.05) is 34.4 Å². The van der Waals surface area contributed by atoms with Crippen LogP contribution in [0.4, 0.5) is 0 Å². The number of rotatable bonds is 10. The molecule has 1 saturated carbocycles. The zero-order valence-electron chi connectivity index (χ0n) is 12.9. The van der Waals surface area contributed by atoms with Gasteiger partial charge in [-0.25, -0.2) is 0 Å². The Kier molecular flexibility index (Phi) is 8.90. The maximum Gasteiger partial charge on any atom is 0.500 e. The predicted octanol–water partition coefficient (Wildman–Crippen LogP) is 2.81.